The zero-order valence-corrected chi connectivity index (χ0v) is 61.3. The number of primary amides is 3. The molecule has 0 aliphatic rings. The second-order valence-electron chi connectivity index (χ2n) is 27.0. The van der Waals surface area contributed by atoms with E-state index in [1.807, 2.05) is 0 Å². The van der Waals surface area contributed by atoms with Gasteiger partial charge in [-0.05, 0) is 105 Å². The number of aliphatic imine (C=N–C) groups is 2. The van der Waals surface area contributed by atoms with Crippen LogP contribution >= 0.6 is 0 Å². The van der Waals surface area contributed by atoms with Gasteiger partial charge in [0.25, 0.3) is 0 Å². The fourth-order valence-electron chi connectivity index (χ4n) is 10.8. The van der Waals surface area contributed by atoms with Crippen LogP contribution in [0.4, 0.5) is 0 Å². The number of aromatic nitrogens is 2. The highest BCUT2D eigenvalue weighted by Crippen LogP contribution is 2.17. The molecule has 29 N–H and O–H groups in total. The Balaban J connectivity index is 1.93. The number of hydrogen-bond acceptors (Lipinski definition) is 20. The molecule has 0 saturated carbocycles. The molecule has 0 spiro atoms. The Kier molecular flexibility index (Phi) is 37.5. The Bertz CT molecular complexity index is 3570. The molecule has 1 aromatic heterocycles. The summed E-state index contributed by atoms with van der Waals surface area (Å²) in [6.45, 7) is 12.0. The van der Waals surface area contributed by atoms with Gasteiger partial charge in [-0.25, -0.2) is 4.98 Å². The number of aromatic hydroxyl groups is 2. The molecule has 39 heteroatoms. The standard InChI is InChI=1S/C68H106N22O17/c1-33(2)25-47(85-61(102)49(28-39-15-19-42(94)20-16-39)87-62(103)50(80-37(8)92)29-40-31-76-32-79-40)60(101)88-51(30-53(70)96)63(104)86-48(26-34(3)4)64(105)89-54(35(5)6)65(106)90-55(36(7)91)66(107)83-44(12-10-24-78-68(74)75)57(98)82-45(21-22-52(69)95)59(100)81-43(11-9-23-77-67(72)73)58(99)84-46(56(71)97)27-38-13-17-41(93)18-14-38/h13-20,31-36,43-51,54-55,91,93-94H,9-12,21-30H2,1-8H3,(H2,69,95)(H2,70,96)(H2,71,97)(H,76,79)(H,80,92)(H,81,100)(H,82,98)(H,83,107)(H,84,99)(H,85,102)(H,86,104)(H,87,103)(H,88,101)(H,89,105)(H,90,106)(H4,72,73,77)(H4,74,75,78)/t36-,43+,44+,45+,46+,47+,48+,49+,50+,51+,54+,55+/m1/s1. The van der Waals surface area contributed by atoms with Crippen LogP contribution in [-0.2, 0) is 86.4 Å². The Morgan fingerprint density at radius 2 is 0.794 bits per heavy atom. The van der Waals surface area contributed by atoms with Crippen molar-refractivity contribution in [2.45, 2.75) is 205 Å². The van der Waals surface area contributed by atoms with E-state index in [0.717, 1.165) is 6.92 Å². The van der Waals surface area contributed by atoms with Crippen molar-refractivity contribution >= 4 is 94.6 Å². The van der Waals surface area contributed by atoms with Gasteiger partial charge in [-0.1, -0.05) is 65.8 Å². The van der Waals surface area contributed by atoms with E-state index in [0.29, 0.717) is 16.8 Å². The Morgan fingerprint density at radius 3 is 1.20 bits per heavy atom. The first-order valence-corrected chi connectivity index (χ1v) is 34.7. The Labute approximate surface area is 618 Å². The van der Waals surface area contributed by atoms with E-state index in [1.165, 1.54) is 81.8 Å². The molecule has 1 heterocycles. The van der Waals surface area contributed by atoms with Crippen LogP contribution in [0.5, 0.6) is 11.5 Å². The number of amides is 14. The molecule has 3 aromatic rings. The molecule has 0 unspecified atom stereocenters. The average molecular weight is 1500 g/mol. The zero-order valence-electron chi connectivity index (χ0n) is 61.3. The first kappa shape index (κ1) is 89.5. The number of phenolic OH excluding ortho intramolecular Hbond substituents is 2. The van der Waals surface area contributed by atoms with Crippen molar-refractivity contribution < 1.29 is 82.4 Å². The predicted molar refractivity (Wildman–Crippen MR) is 390 cm³/mol. The molecule has 39 nitrogen and oxygen atoms in total. The zero-order chi connectivity index (χ0) is 80.4. The number of aliphatic hydroxyl groups excluding tert-OH is 1. The normalized spacial score (nSPS) is 14.5. The van der Waals surface area contributed by atoms with Gasteiger partial charge in [0, 0.05) is 57.6 Å². The summed E-state index contributed by atoms with van der Waals surface area (Å²) < 4.78 is 0. The third-order valence-electron chi connectivity index (χ3n) is 16.2. The van der Waals surface area contributed by atoms with Gasteiger partial charge in [0.05, 0.1) is 18.9 Å². The third-order valence-corrected chi connectivity index (χ3v) is 16.2. The van der Waals surface area contributed by atoms with Crippen molar-refractivity contribution in [3.05, 3.63) is 77.9 Å². The van der Waals surface area contributed by atoms with Gasteiger partial charge in [-0.3, -0.25) is 77.1 Å². The van der Waals surface area contributed by atoms with Crippen LogP contribution < -0.4 is 98.6 Å². The van der Waals surface area contributed by atoms with E-state index >= 15 is 0 Å². The van der Waals surface area contributed by atoms with Gasteiger partial charge in [0.15, 0.2) is 11.9 Å². The fourth-order valence-corrected chi connectivity index (χ4v) is 10.8. The van der Waals surface area contributed by atoms with Crippen molar-refractivity contribution in [3.63, 3.8) is 0 Å². The number of nitrogens with two attached hydrogens (primary N) is 7. The maximum Gasteiger partial charge on any atom is 0.245 e. The molecule has 0 saturated heterocycles. The second kappa shape index (κ2) is 44.9. The SMILES string of the molecule is CC(=O)N[C@@H](Cc1cnc[nH]1)C(=O)N[C@@H](Cc1ccc(O)cc1)C(=O)N[C@@H](CC(C)C)C(=O)N[C@@H](CC(N)=O)C(=O)N[C@@H](CC(C)C)C(=O)N[C@H](C(=O)N[C@H](C(=O)N[C@@H](CCCN=C(N)N)C(=O)N[C@@H](CCC(N)=O)C(=O)N[C@@H](CCCN=C(N)N)C(=O)N[C@@H](Cc1ccc(O)cc1)C(N)=O)[C@@H](C)O)C(C)C. The highest BCUT2D eigenvalue weighted by atomic mass is 16.3. The number of benzene rings is 2. The number of hydrogen-bond donors (Lipinski definition) is 22. The number of nitrogens with one attached hydrogen (secondary N) is 12. The number of guanidine groups is 2. The van der Waals surface area contributed by atoms with E-state index in [1.54, 1.807) is 27.7 Å². The quantitative estimate of drug-likeness (QED) is 0.0142. The largest absolute Gasteiger partial charge is 0.508 e. The molecule has 0 aliphatic heterocycles. The van der Waals surface area contributed by atoms with Crippen LogP contribution in [0.25, 0.3) is 0 Å². The predicted octanol–water partition coefficient (Wildman–Crippen LogP) is -5.94. The Hall–Kier alpha value is -11.7. The van der Waals surface area contributed by atoms with Crippen molar-refractivity contribution in [2.75, 3.05) is 13.1 Å². The molecular weight excluding hydrogens is 1400 g/mol. The lowest BCUT2D eigenvalue weighted by molar-refractivity contribution is -0.138. The highest BCUT2D eigenvalue weighted by molar-refractivity contribution is 6.00. The molecule has 0 bridgehead atoms. The van der Waals surface area contributed by atoms with E-state index < -0.39 is 180 Å². The maximum atomic E-state index is 14.5. The number of imidazole rings is 1. The number of phenols is 2. The maximum absolute atomic E-state index is 14.5. The van der Waals surface area contributed by atoms with Gasteiger partial charge < -0.3 is 119 Å². The lowest BCUT2D eigenvalue weighted by Crippen LogP contribution is -2.63. The summed E-state index contributed by atoms with van der Waals surface area (Å²) in [6.07, 6.45) is -1.79. The van der Waals surface area contributed by atoms with Gasteiger partial charge >= 0.3 is 0 Å². The monoisotopic (exact) mass is 1500 g/mol. The topological polar surface area (TPSA) is 668 Å². The summed E-state index contributed by atoms with van der Waals surface area (Å²) in [5.41, 5.74) is 40.2. The minimum atomic E-state index is -1.91. The summed E-state index contributed by atoms with van der Waals surface area (Å²) >= 11 is 0. The summed E-state index contributed by atoms with van der Waals surface area (Å²) in [6, 6.07) is -5.67. The molecule has 0 fully saturated rings. The number of rotatable bonds is 47. The third kappa shape index (κ3) is 33.8. The molecule has 2 aromatic carbocycles. The minimum Gasteiger partial charge on any atom is -0.508 e. The van der Waals surface area contributed by atoms with Crippen LogP contribution in [0.1, 0.15) is 130 Å². The smallest absolute Gasteiger partial charge is 0.245 e. The van der Waals surface area contributed by atoms with Crippen molar-refractivity contribution in [3.8, 4) is 11.5 Å². The average Bonchev–Trinajstić information content (AvgIpc) is 1.08. The van der Waals surface area contributed by atoms with E-state index in [-0.39, 0.29) is 106 Å². The van der Waals surface area contributed by atoms with Gasteiger partial charge in [-0.2, -0.15) is 0 Å². The molecule has 12 atom stereocenters. The molecule has 0 radical (unpaired) electrons. The van der Waals surface area contributed by atoms with Crippen LogP contribution in [0.2, 0.25) is 0 Å². The molecule has 14 amide bonds. The molecule has 3 rings (SSSR count). The molecule has 107 heavy (non-hydrogen) atoms. The summed E-state index contributed by atoms with van der Waals surface area (Å²) in [5, 5.41) is 58.6. The van der Waals surface area contributed by atoms with Crippen LogP contribution in [0.3, 0.4) is 0 Å². The number of carbonyl (C=O) groups excluding carboxylic acids is 14. The van der Waals surface area contributed by atoms with E-state index in [4.69, 9.17) is 40.1 Å². The van der Waals surface area contributed by atoms with Gasteiger partial charge in [-0.15, -0.1) is 0 Å². The number of nitrogens with zero attached hydrogens (tertiary/aromatic N) is 3. The summed E-state index contributed by atoms with van der Waals surface area (Å²) in [5.74, 6) is -15.9. The molecule has 0 aliphatic carbocycles. The lowest BCUT2D eigenvalue weighted by Gasteiger charge is -2.30. The molecule has 590 valence electrons. The fraction of sp³-hybridized carbons (Fsp3) is 0.544. The second-order valence-corrected chi connectivity index (χ2v) is 27.0. The van der Waals surface area contributed by atoms with Crippen molar-refractivity contribution in [1.29, 1.82) is 0 Å². The minimum absolute atomic E-state index is 0.0309. The highest BCUT2D eigenvalue weighted by Gasteiger charge is 2.39. The van der Waals surface area contributed by atoms with E-state index in [2.05, 4.69) is 78.4 Å². The molecular formula is C68H106N22O17. The van der Waals surface area contributed by atoms with Crippen LogP contribution in [0.15, 0.2) is 71.0 Å². The van der Waals surface area contributed by atoms with Gasteiger partial charge in [0.2, 0.25) is 82.7 Å². The summed E-state index contributed by atoms with van der Waals surface area (Å²) in [4.78, 5) is 207. The Morgan fingerprint density at radius 1 is 0.430 bits per heavy atom. The van der Waals surface area contributed by atoms with Crippen molar-refractivity contribution in [1.82, 2.24) is 68.5 Å². The number of aromatic amines is 1. The number of aliphatic hydroxyl groups is 1. The van der Waals surface area contributed by atoms with E-state index in [9.17, 15) is 82.4 Å². The first-order valence-electron chi connectivity index (χ1n) is 34.7. The van der Waals surface area contributed by atoms with Gasteiger partial charge in [0.1, 0.15) is 78.0 Å². The number of H-pyrrole nitrogens is 1. The number of carbonyl (C=O) groups is 14. The van der Waals surface area contributed by atoms with Crippen molar-refractivity contribution in [2.24, 2.45) is 67.9 Å². The van der Waals surface area contributed by atoms with Crippen LogP contribution in [-0.4, -0.2) is 206 Å². The lowest BCUT2D eigenvalue weighted by atomic mass is 9.98. The summed E-state index contributed by atoms with van der Waals surface area (Å²) in [7, 11) is 0. The van der Waals surface area contributed by atoms with Crippen LogP contribution in [0, 0.1) is 17.8 Å². The first-order chi connectivity index (χ1) is 50.2.